The lowest BCUT2D eigenvalue weighted by atomic mass is 10.1. The van der Waals surface area contributed by atoms with Gasteiger partial charge in [-0.05, 0) is 54.8 Å². The van der Waals surface area contributed by atoms with Gasteiger partial charge in [0.25, 0.3) is 11.8 Å². The highest BCUT2D eigenvalue weighted by atomic mass is 35.5. The van der Waals surface area contributed by atoms with E-state index in [-0.39, 0.29) is 21.3 Å². The van der Waals surface area contributed by atoms with Gasteiger partial charge in [0, 0.05) is 5.02 Å². The van der Waals surface area contributed by atoms with Crippen molar-refractivity contribution in [2.24, 2.45) is 0 Å². The second-order valence-electron chi connectivity index (χ2n) is 6.50. The average Bonchev–Trinajstić information content (AvgIpc) is 2.67. The third kappa shape index (κ3) is 4.31. The lowest BCUT2D eigenvalue weighted by Crippen LogP contribution is -2.54. The predicted molar refractivity (Wildman–Crippen MR) is 117 cm³/mol. The van der Waals surface area contributed by atoms with Crippen LogP contribution >= 0.6 is 34.8 Å². The Morgan fingerprint density at radius 3 is 2.37 bits per heavy atom. The Morgan fingerprint density at radius 1 is 1.07 bits per heavy atom. The molecular weight excluding hydrogens is 451 g/mol. The molecule has 156 valence electrons. The van der Waals surface area contributed by atoms with E-state index in [2.05, 4.69) is 5.32 Å². The summed E-state index contributed by atoms with van der Waals surface area (Å²) in [4.78, 5) is 38.6. The van der Waals surface area contributed by atoms with E-state index in [0.717, 1.165) is 11.3 Å². The molecule has 1 heterocycles. The number of carbonyl (C=O) groups excluding carboxylic acids is 3. The van der Waals surface area contributed by atoms with Crippen molar-refractivity contribution in [1.82, 2.24) is 5.32 Å². The number of urea groups is 1. The summed E-state index contributed by atoms with van der Waals surface area (Å²) in [7, 11) is 0. The SMILES string of the molecule is CCCOc1c(Cl)cc(C=C2C(=O)NC(=O)N(c3cccc(Cl)c3C)C2=O)cc1Cl. The smallest absolute Gasteiger partial charge is 0.335 e. The fourth-order valence-electron chi connectivity index (χ4n) is 2.89. The number of carbonyl (C=O) groups is 3. The van der Waals surface area contributed by atoms with Crippen molar-refractivity contribution < 1.29 is 19.1 Å². The molecule has 0 radical (unpaired) electrons. The van der Waals surface area contributed by atoms with Crippen LogP contribution in [0.4, 0.5) is 10.5 Å². The number of barbiturate groups is 1. The zero-order chi connectivity index (χ0) is 22.0. The van der Waals surface area contributed by atoms with Crippen LogP contribution in [-0.4, -0.2) is 24.5 Å². The summed E-state index contributed by atoms with van der Waals surface area (Å²) in [5, 5.41) is 3.04. The third-order valence-electron chi connectivity index (χ3n) is 4.36. The molecule has 9 heteroatoms. The number of anilines is 1. The Labute approximate surface area is 188 Å². The molecule has 1 aliphatic heterocycles. The van der Waals surface area contributed by atoms with Gasteiger partial charge in [0.1, 0.15) is 5.57 Å². The van der Waals surface area contributed by atoms with Crippen molar-refractivity contribution in [1.29, 1.82) is 0 Å². The molecule has 30 heavy (non-hydrogen) atoms. The maximum atomic E-state index is 13.0. The van der Waals surface area contributed by atoms with Gasteiger partial charge >= 0.3 is 6.03 Å². The molecule has 0 bridgehead atoms. The largest absolute Gasteiger partial charge is 0.490 e. The highest BCUT2D eigenvalue weighted by Crippen LogP contribution is 2.35. The Morgan fingerprint density at radius 2 is 1.73 bits per heavy atom. The van der Waals surface area contributed by atoms with Gasteiger partial charge in [-0.3, -0.25) is 14.9 Å². The number of halogens is 3. The van der Waals surface area contributed by atoms with Crippen LogP contribution in [0.3, 0.4) is 0 Å². The van der Waals surface area contributed by atoms with E-state index in [0.29, 0.717) is 28.5 Å². The maximum Gasteiger partial charge on any atom is 0.335 e. The number of ether oxygens (including phenoxy) is 1. The quantitative estimate of drug-likeness (QED) is 0.471. The first-order valence-electron chi connectivity index (χ1n) is 9.03. The molecule has 2 aromatic carbocycles. The van der Waals surface area contributed by atoms with E-state index in [1.807, 2.05) is 6.92 Å². The Balaban J connectivity index is 2.02. The van der Waals surface area contributed by atoms with Gasteiger partial charge < -0.3 is 4.74 Å². The van der Waals surface area contributed by atoms with E-state index >= 15 is 0 Å². The molecule has 1 N–H and O–H groups in total. The number of rotatable bonds is 5. The highest BCUT2D eigenvalue weighted by Gasteiger charge is 2.37. The molecule has 1 aliphatic rings. The molecule has 6 nitrogen and oxygen atoms in total. The van der Waals surface area contributed by atoms with E-state index in [9.17, 15) is 14.4 Å². The number of nitrogens with one attached hydrogen (secondary N) is 1. The minimum absolute atomic E-state index is 0.241. The van der Waals surface area contributed by atoms with Crippen LogP contribution in [0.1, 0.15) is 24.5 Å². The van der Waals surface area contributed by atoms with E-state index in [1.54, 1.807) is 25.1 Å². The monoisotopic (exact) mass is 466 g/mol. The number of imide groups is 2. The van der Waals surface area contributed by atoms with Crippen molar-refractivity contribution in [2.45, 2.75) is 20.3 Å². The van der Waals surface area contributed by atoms with Crippen molar-refractivity contribution in [3.63, 3.8) is 0 Å². The van der Waals surface area contributed by atoms with Gasteiger partial charge in [-0.1, -0.05) is 47.8 Å². The Bertz CT molecular complexity index is 1060. The van der Waals surface area contributed by atoms with Crippen LogP contribution in [-0.2, 0) is 9.59 Å². The van der Waals surface area contributed by atoms with Gasteiger partial charge in [0.2, 0.25) is 0 Å². The minimum atomic E-state index is -0.855. The van der Waals surface area contributed by atoms with Crippen LogP contribution in [0.5, 0.6) is 5.75 Å². The molecule has 0 aliphatic carbocycles. The molecule has 0 unspecified atom stereocenters. The first-order valence-corrected chi connectivity index (χ1v) is 10.2. The van der Waals surface area contributed by atoms with Gasteiger partial charge in [0.15, 0.2) is 5.75 Å². The molecule has 1 fully saturated rings. The molecular formula is C21H17Cl3N2O4. The summed E-state index contributed by atoms with van der Waals surface area (Å²) in [5.41, 5.74) is 0.968. The molecule has 1 saturated heterocycles. The van der Waals surface area contributed by atoms with E-state index < -0.39 is 17.8 Å². The summed E-state index contributed by atoms with van der Waals surface area (Å²) < 4.78 is 5.52. The Hall–Kier alpha value is -2.54. The molecule has 0 spiro atoms. The fraction of sp³-hybridized carbons (Fsp3) is 0.190. The van der Waals surface area contributed by atoms with Crippen molar-refractivity contribution in [3.8, 4) is 5.75 Å². The zero-order valence-corrected chi connectivity index (χ0v) is 18.4. The van der Waals surface area contributed by atoms with Gasteiger partial charge in [0.05, 0.1) is 22.3 Å². The number of hydrogen-bond donors (Lipinski definition) is 1. The van der Waals surface area contributed by atoms with E-state index in [1.165, 1.54) is 18.2 Å². The summed E-state index contributed by atoms with van der Waals surface area (Å²) in [6.07, 6.45) is 2.10. The molecule has 0 aromatic heterocycles. The predicted octanol–water partition coefficient (Wildman–Crippen LogP) is 5.41. The summed E-state index contributed by atoms with van der Waals surface area (Å²) in [6.45, 7) is 4.06. The minimum Gasteiger partial charge on any atom is -0.490 e. The van der Waals surface area contributed by atoms with Crippen LogP contribution < -0.4 is 15.0 Å². The van der Waals surface area contributed by atoms with Crippen LogP contribution in [0.15, 0.2) is 35.9 Å². The maximum absolute atomic E-state index is 13.0. The summed E-state index contributed by atoms with van der Waals surface area (Å²) in [5.74, 6) is -1.28. The van der Waals surface area contributed by atoms with Gasteiger partial charge in [-0.25, -0.2) is 9.69 Å². The second kappa shape index (κ2) is 9.08. The number of amides is 4. The Kier molecular flexibility index (Phi) is 6.71. The van der Waals surface area contributed by atoms with Crippen LogP contribution in [0.2, 0.25) is 15.1 Å². The third-order valence-corrected chi connectivity index (χ3v) is 5.33. The van der Waals surface area contributed by atoms with Crippen molar-refractivity contribution >= 4 is 64.4 Å². The molecule has 4 amide bonds. The van der Waals surface area contributed by atoms with Crippen molar-refractivity contribution in [3.05, 3.63) is 62.1 Å². The summed E-state index contributed by atoms with van der Waals surface area (Å²) >= 11 is 18.6. The first-order chi connectivity index (χ1) is 14.2. The number of nitrogens with zero attached hydrogens (tertiary/aromatic N) is 1. The van der Waals surface area contributed by atoms with E-state index in [4.69, 9.17) is 39.5 Å². The fourth-order valence-corrected chi connectivity index (χ4v) is 3.67. The molecule has 3 rings (SSSR count). The average molecular weight is 468 g/mol. The molecule has 0 saturated carbocycles. The highest BCUT2D eigenvalue weighted by molar-refractivity contribution is 6.40. The lowest BCUT2D eigenvalue weighted by Gasteiger charge is -2.27. The van der Waals surface area contributed by atoms with Gasteiger partial charge in [-0.15, -0.1) is 0 Å². The standard InChI is InChI=1S/C21H17Cl3N2O4/c1-3-7-30-18-15(23)9-12(10-16(18)24)8-13-19(27)25-21(29)26(20(13)28)17-6-4-5-14(22)11(17)2/h4-6,8-10H,3,7H2,1-2H3,(H,25,27,29). The number of hydrogen-bond acceptors (Lipinski definition) is 4. The molecule has 0 atom stereocenters. The van der Waals surface area contributed by atoms with Crippen molar-refractivity contribution in [2.75, 3.05) is 11.5 Å². The first kappa shape index (κ1) is 22.2. The normalized spacial score (nSPS) is 15.6. The second-order valence-corrected chi connectivity index (χ2v) is 7.73. The van der Waals surface area contributed by atoms with Crippen LogP contribution in [0.25, 0.3) is 6.08 Å². The number of benzene rings is 2. The molecule has 2 aromatic rings. The lowest BCUT2D eigenvalue weighted by molar-refractivity contribution is -0.122. The zero-order valence-electron chi connectivity index (χ0n) is 16.1. The van der Waals surface area contributed by atoms with Gasteiger partial charge in [-0.2, -0.15) is 0 Å². The summed E-state index contributed by atoms with van der Waals surface area (Å²) in [6, 6.07) is 7.02. The van der Waals surface area contributed by atoms with Crippen LogP contribution in [0, 0.1) is 6.92 Å². The topological polar surface area (TPSA) is 75.7 Å².